The highest BCUT2D eigenvalue weighted by atomic mass is 79.9. The summed E-state index contributed by atoms with van der Waals surface area (Å²) >= 11 is 9.22. The van der Waals surface area contributed by atoms with E-state index in [4.69, 9.17) is 20.9 Å². The summed E-state index contributed by atoms with van der Waals surface area (Å²) < 4.78 is 14.6. The molecule has 2 aromatic heterocycles. The van der Waals surface area contributed by atoms with Crippen molar-refractivity contribution in [3.63, 3.8) is 0 Å². The van der Waals surface area contributed by atoms with Crippen molar-refractivity contribution in [2.45, 2.75) is 45.4 Å². The van der Waals surface area contributed by atoms with Crippen molar-refractivity contribution < 1.29 is 9.31 Å². The molecule has 0 radical (unpaired) electrons. The number of aromatic amines is 1. The first-order chi connectivity index (χ1) is 16.0. The van der Waals surface area contributed by atoms with Crippen LogP contribution in [-0.4, -0.2) is 33.1 Å². The Morgan fingerprint density at radius 3 is 2.50 bits per heavy atom. The number of halogens is 2. The molecule has 1 aliphatic rings. The number of aromatic nitrogens is 3. The van der Waals surface area contributed by atoms with E-state index < -0.39 is 0 Å². The topological polar surface area (TPSA) is 69.1 Å². The lowest BCUT2D eigenvalue weighted by molar-refractivity contribution is 0.00578. The van der Waals surface area contributed by atoms with Crippen LogP contribution >= 0.6 is 27.5 Å². The molecule has 2 aromatic carbocycles. The molecule has 0 bridgehead atoms. The van der Waals surface area contributed by atoms with Crippen molar-refractivity contribution in [2.75, 3.05) is 0 Å². The quantitative estimate of drug-likeness (QED) is 0.363. The minimum atomic E-state index is -0.317. The van der Waals surface area contributed by atoms with E-state index >= 15 is 0 Å². The van der Waals surface area contributed by atoms with Gasteiger partial charge in [-0.25, -0.2) is 0 Å². The van der Waals surface area contributed by atoms with Crippen molar-refractivity contribution >= 4 is 51.0 Å². The molecule has 0 spiro atoms. The molecule has 5 rings (SSSR count). The van der Waals surface area contributed by atoms with Gasteiger partial charge in [-0.3, -0.25) is 9.89 Å². The zero-order chi connectivity index (χ0) is 24.5. The average Bonchev–Trinajstić information content (AvgIpc) is 3.32. The van der Waals surface area contributed by atoms with Gasteiger partial charge in [-0.1, -0.05) is 35.9 Å². The second-order valence-electron chi connectivity index (χ2n) is 9.25. The Bertz CT molecular complexity index is 1350. The predicted molar refractivity (Wildman–Crippen MR) is 141 cm³/mol. The predicted octanol–water partition coefficient (Wildman–Crippen LogP) is 5.17. The number of benzene rings is 2. The first-order valence-electron chi connectivity index (χ1n) is 10.9. The third-order valence-corrected chi connectivity index (χ3v) is 6.88. The van der Waals surface area contributed by atoms with Gasteiger partial charge in [0.2, 0.25) is 0 Å². The van der Waals surface area contributed by atoms with E-state index in [2.05, 4.69) is 53.8 Å². The smallest absolute Gasteiger partial charge is 0.399 e. The van der Waals surface area contributed by atoms with Gasteiger partial charge in [-0.05, 0) is 78.9 Å². The lowest BCUT2D eigenvalue weighted by Crippen LogP contribution is -2.41. The SMILES string of the molecule is CC1(C)OB(c2ccc3cn[nH]c3c2)OC1(C)C.O=c1ccc(Br)cn1Cc1cccc(Cl)c1. The van der Waals surface area contributed by atoms with Gasteiger partial charge in [0.05, 0.1) is 29.5 Å². The highest BCUT2D eigenvalue weighted by Gasteiger charge is 2.51. The molecule has 1 saturated heterocycles. The zero-order valence-corrected chi connectivity index (χ0v) is 21.9. The lowest BCUT2D eigenvalue weighted by atomic mass is 9.79. The summed E-state index contributed by atoms with van der Waals surface area (Å²) in [5, 5.41) is 8.76. The van der Waals surface area contributed by atoms with Crippen LogP contribution in [0, 0.1) is 0 Å². The third-order valence-electron chi connectivity index (χ3n) is 6.18. The number of hydrogen-bond acceptors (Lipinski definition) is 4. The number of H-pyrrole nitrogens is 1. The number of pyridine rings is 1. The molecule has 0 aliphatic carbocycles. The molecule has 0 unspecified atom stereocenters. The lowest BCUT2D eigenvalue weighted by Gasteiger charge is -2.32. The summed E-state index contributed by atoms with van der Waals surface area (Å²) in [4.78, 5) is 11.6. The largest absolute Gasteiger partial charge is 0.494 e. The van der Waals surface area contributed by atoms with Crippen LogP contribution in [0.1, 0.15) is 33.3 Å². The van der Waals surface area contributed by atoms with E-state index in [1.807, 2.05) is 48.7 Å². The van der Waals surface area contributed by atoms with E-state index in [1.54, 1.807) is 16.8 Å². The van der Waals surface area contributed by atoms with Gasteiger partial charge in [0.1, 0.15) is 0 Å². The monoisotopic (exact) mass is 541 g/mol. The maximum Gasteiger partial charge on any atom is 0.494 e. The highest BCUT2D eigenvalue weighted by molar-refractivity contribution is 9.10. The molecule has 0 amide bonds. The molecule has 0 saturated carbocycles. The summed E-state index contributed by atoms with van der Waals surface area (Å²) in [6, 6.07) is 16.8. The zero-order valence-electron chi connectivity index (χ0n) is 19.5. The molecule has 34 heavy (non-hydrogen) atoms. The van der Waals surface area contributed by atoms with E-state index in [0.29, 0.717) is 11.6 Å². The molecular formula is C25H26BBrClN3O3. The Morgan fingerprint density at radius 2 is 1.79 bits per heavy atom. The molecule has 176 valence electrons. The first-order valence-corrected chi connectivity index (χ1v) is 12.1. The van der Waals surface area contributed by atoms with Gasteiger partial charge in [0.15, 0.2) is 0 Å². The maximum absolute atomic E-state index is 11.6. The van der Waals surface area contributed by atoms with Crippen LogP contribution in [0.4, 0.5) is 0 Å². The molecule has 1 N–H and O–H groups in total. The second-order valence-corrected chi connectivity index (χ2v) is 10.6. The van der Waals surface area contributed by atoms with Gasteiger partial charge in [-0.15, -0.1) is 0 Å². The Morgan fingerprint density at radius 1 is 1.06 bits per heavy atom. The summed E-state index contributed by atoms with van der Waals surface area (Å²) in [6.45, 7) is 8.76. The minimum absolute atomic E-state index is 0.0248. The molecule has 9 heteroatoms. The van der Waals surface area contributed by atoms with Crippen LogP contribution in [0.25, 0.3) is 10.9 Å². The van der Waals surface area contributed by atoms with Crippen LogP contribution in [0.3, 0.4) is 0 Å². The van der Waals surface area contributed by atoms with Gasteiger partial charge < -0.3 is 13.9 Å². The fourth-order valence-corrected chi connectivity index (χ4v) is 4.13. The fourth-order valence-electron chi connectivity index (χ4n) is 3.54. The number of nitrogens with zero attached hydrogens (tertiary/aromatic N) is 2. The molecule has 6 nitrogen and oxygen atoms in total. The van der Waals surface area contributed by atoms with Crippen molar-refractivity contribution in [1.29, 1.82) is 0 Å². The molecule has 1 fully saturated rings. The number of nitrogens with one attached hydrogen (secondary N) is 1. The number of fused-ring (bicyclic) bond motifs is 1. The van der Waals surface area contributed by atoms with Gasteiger partial charge >= 0.3 is 7.12 Å². The van der Waals surface area contributed by atoms with Gasteiger partial charge in [-0.2, -0.15) is 5.10 Å². The minimum Gasteiger partial charge on any atom is -0.399 e. The molecule has 1 aliphatic heterocycles. The summed E-state index contributed by atoms with van der Waals surface area (Å²) in [7, 11) is -0.317. The van der Waals surface area contributed by atoms with Crippen molar-refractivity contribution in [3.8, 4) is 0 Å². The Kier molecular flexibility index (Phi) is 7.05. The molecule has 3 heterocycles. The molecule has 4 aromatic rings. The van der Waals surface area contributed by atoms with E-state index in [0.717, 1.165) is 26.4 Å². The fraction of sp³-hybridized carbons (Fsp3) is 0.280. The van der Waals surface area contributed by atoms with Crippen LogP contribution in [0.15, 0.2) is 76.3 Å². The van der Waals surface area contributed by atoms with Crippen LogP contribution in [0.5, 0.6) is 0 Å². The molecular weight excluding hydrogens is 516 g/mol. The molecule has 0 atom stereocenters. The van der Waals surface area contributed by atoms with E-state index in [1.165, 1.54) is 6.07 Å². The van der Waals surface area contributed by atoms with Gasteiger partial charge in [0.25, 0.3) is 5.56 Å². The standard InChI is InChI=1S/C13H17BN2O2.C12H9BrClNO/c1-12(2)13(3,4)18-14(17-12)10-6-5-9-8-15-16-11(9)7-10;13-10-4-5-12(16)15(8-10)7-9-2-1-3-11(14)6-9/h5-8H,1-4H3,(H,15,16);1-6,8H,7H2. The Balaban J connectivity index is 0.000000162. The van der Waals surface area contributed by atoms with Crippen molar-refractivity contribution in [1.82, 2.24) is 14.8 Å². The highest BCUT2D eigenvalue weighted by Crippen LogP contribution is 2.36. The van der Waals surface area contributed by atoms with Crippen molar-refractivity contribution in [2.24, 2.45) is 0 Å². The maximum atomic E-state index is 11.6. The summed E-state index contributed by atoms with van der Waals surface area (Å²) in [5.74, 6) is 0. The van der Waals surface area contributed by atoms with Crippen LogP contribution in [0.2, 0.25) is 5.02 Å². The normalized spacial score (nSPS) is 16.4. The van der Waals surface area contributed by atoms with E-state index in [9.17, 15) is 4.79 Å². The second kappa shape index (κ2) is 9.70. The first kappa shape index (κ1) is 24.7. The Hall–Kier alpha value is -2.39. The summed E-state index contributed by atoms with van der Waals surface area (Å²) in [6.07, 6.45) is 3.58. The van der Waals surface area contributed by atoms with Crippen LogP contribution in [-0.2, 0) is 15.9 Å². The van der Waals surface area contributed by atoms with Crippen LogP contribution < -0.4 is 11.0 Å². The average molecular weight is 543 g/mol. The summed E-state index contributed by atoms with van der Waals surface area (Å²) in [5.41, 5.74) is 2.39. The van der Waals surface area contributed by atoms with E-state index in [-0.39, 0.29) is 23.9 Å². The van der Waals surface area contributed by atoms with Crippen molar-refractivity contribution in [3.05, 3.63) is 92.4 Å². The van der Waals surface area contributed by atoms with Gasteiger partial charge in [0, 0.05) is 27.1 Å². The Labute approximate surface area is 212 Å². The number of hydrogen-bond donors (Lipinski definition) is 1. The number of rotatable bonds is 3. The third kappa shape index (κ3) is 5.46.